The molecule has 2 saturated carbocycles. The number of rotatable bonds is 8. The second-order valence-corrected chi connectivity index (χ2v) is 12.4. The van der Waals surface area contributed by atoms with Gasteiger partial charge in [-0.15, -0.1) is 0 Å². The molecular weight excluding hydrogens is 484 g/mol. The van der Waals surface area contributed by atoms with Gasteiger partial charge in [-0.25, -0.2) is 4.79 Å². The van der Waals surface area contributed by atoms with Crippen molar-refractivity contribution < 1.29 is 14.3 Å². The van der Waals surface area contributed by atoms with Crippen molar-refractivity contribution >= 4 is 29.3 Å². The number of nitrogens with zero attached hydrogens (tertiary/aromatic N) is 2. The number of carbonyl (C=O) groups excluding carboxylic acids is 2. The summed E-state index contributed by atoms with van der Waals surface area (Å²) < 4.78 is 4.76. The highest BCUT2D eigenvalue weighted by Gasteiger charge is 2.40. The first-order valence-electron chi connectivity index (χ1n) is 14.6. The quantitative estimate of drug-likeness (QED) is 0.262. The molecule has 0 spiro atoms. The third-order valence-corrected chi connectivity index (χ3v) is 9.04. The predicted octanol–water partition coefficient (Wildman–Crippen LogP) is 7.46. The van der Waals surface area contributed by atoms with E-state index in [2.05, 4.69) is 62.0 Å². The van der Waals surface area contributed by atoms with E-state index in [-0.39, 0.29) is 23.2 Å². The molecule has 2 unspecified atom stereocenters. The van der Waals surface area contributed by atoms with E-state index in [1.54, 1.807) is 6.08 Å². The summed E-state index contributed by atoms with van der Waals surface area (Å²) in [5.41, 5.74) is 4.58. The highest BCUT2D eigenvalue weighted by molar-refractivity contribution is 5.95. The largest absolute Gasteiger partial charge is 0.466 e. The molecule has 5 heteroatoms. The van der Waals surface area contributed by atoms with Crippen LogP contribution in [0.1, 0.15) is 82.3 Å². The van der Waals surface area contributed by atoms with Crippen LogP contribution in [0, 0.1) is 17.3 Å². The van der Waals surface area contributed by atoms with Gasteiger partial charge in [0.1, 0.15) is 0 Å². The Bertz CT molecular complexity index is 1150. The van der Waals surface area contributed by atoms with E-state index < -0.39 is 0 Å². The number of amides is 1. The number of methoxy groups -OCH3 is 1. The Hall–Kier alpha value is -3.08. The van der Waals surface area contributed by atoms with Gasteiger partial charge in [-0.05, 0) is 90.8 Å². The molecule has 2 aliphatic rings. The van der Waals surface area contributed by atoms with Gasteiger partial charge in [0.05, 0.1) is 7.11 Å². The van der Waals surface area contributed by atoms with Crippen LogP contribution in [0.3, 0.4) is 0 Å². The third kappa shape index (κ3) is 7.32. The second-order valence-electron chi connectivity index (χ2n) is 12.4. The lowest BCUT2D eigenvalue weighted by atomic mass is 9.63. The fourth-order valence-corrected chi connectivity index (χ4v) is 6.51. The van der Waals surface area contributed by atoms with Crippen LogP contribution < -0.4 is 9.80 Å². The average molecular weight is 531 g/mol. The van der Waals surface area contributed by atoms with Crippen molar-refractivity contribution in [3.05, 3.63) is 65.7 Å². The first-order valence-corrected chi connectivity index (χ1v) is 14.6. The van der Waals surface area contributed by atoms with Crippen LogP contribution in [0.15, 0.2) is 54.6 Å². The summed E-state index contributed by atoms with van der Waals surface area (Å²) in [6, 6.07) is 17.1. The number of ether oxygens (including phenoxy) is 1. The molecule has 210 valence electrons. The maximum Gasteiger partial charge on any atom is 0.330 e. The van der Waals surface area contributed by atoms with Gasteiger partial charge < -0.3 is 14.5 Å². The van der Waals surface area contributed by atoms with Crippen LogP contribution >= 0.6 is 0 Å². The highest BCUT2D eigenvalue weighted by atomic mass is 16.5. The lowest BCUT2D eigenvalue weighted by Crippen LogP contribution is -2.45. The normalized spacial score (nSPS) is 21.5. The van der Waals surface area contributed by atoms with E-state index >= 15 is 0 Å². The molecule has 0 saturated heterocycles. The van der Waals surface area contributed by atoms with E-state index in [9.17, 15) is 9.59 Å². The standard InChI is InChI=1S/C34H46N2O3/c1-34(2)23-28(26-16-19-30(20-17-26)35(3)4)15-18-29(34)24-36(33(38)27-11-7-6-8-12-27)31-13-9-10-25(22-31)14-21-32(37)39-5/h9-10,13-14,16-17,19-22,27-29H,6-8,11-12,15,18,23-24H2,1-5H3/b21-14+. The Morgan fingerprint density at radius 3 is 2.31 bits per heavy atom. The van der Waals surface area contributed by atoms with Crippen molar-refractivity contribution in [2.24, 2.45) is 17.3 Å². The second kappa shape index (κ2) is 12.8. The number of hydrogen-bond donors (Lipinski definition) is 0. The maximum absolute atomic E-state index is 14.0. The minimum absolute atomic E-state index is 0.0997. The lowest BCUT2D eigenvalue weighted by molar-refractivity contribution is -0.134. The molecule has 4 rings (SSSR count). The molecule has 2 aromatic rings. The molecule has 5 nitrogen and oxygen atoms in total. The highest BCUT2D eigenvalue weighted by Crippen LogP contribution is 2.48. The van der Waals surface area contributed by atoms with Gasteiger partial charge in [0.25, 0.3) is 0 Å². The SMILES string of the molecule is COC(=O)/C=C/c1cccc(N(CC2CCC(c3ccc(N(C)C)cc3)CC2(C)C)C(=O)C2CCCCC2)c1. The number of benzene rings is 2. The van der Waals surface area contributed by atoms with Crippen LogP contribution in [0.4, 0.5) is 11.4 Å². The van der Waals surface area contributed by atoms with Gasteiger partial charge in [0.15, 0.2) is 0 Å². The third-order valence-electron chi connectivity index (χ3n) is 9.04. The molecule has 2 atom stereocenters. The summed E-state index contributed by atoms with van der Waals surface area (Å²) in [7, 11) is 5.53. The van der Waals surface area contributed by atoms with Gasteiger partial charge in [-0.3, -0.25) is 4.79 Å². The number of hydrogen-bond acceptors (Lipinski definition) is 4. The molecule has 0 N–H and O–H groups in total. The maximum atomic E-state index is 14.0. The average Bonchev–Trinajstić information content (AvgIpc) is 2.95. The Kier molecular flexibility index (Phi) is 9.53. The Morgan fingerprint density at radius 1 is 0.949 bits per heavy atom. The van der Waals surface area contributed by atoms with E-state index in [0.29, 0.717) is 11.8 Å². The summed E-state index contributed by atoms with van der Waals surface area (Å²) in [6.45, 7) is 5.51. The summed E-state index contributed by atoms with van der Waals surface area (Å²) in [6.07, 6.45) is 12.0. The molecular formula is C34H46N2O3. The fraction of sp³-hybridized carbons (Fsp3) is 0.529. The number of carbonyl (C=O) groups is 2. The van der Waals surface area contributed by atoms with E-state index in [1.807, 2.05) is 24.3 Å². The van der Waals surface area contributed by atoms with Crippen LogP contribution in [0.5, 0.6) is 0 Å². The Balaban J connectivity index is 1.55. The summed E-state index contributed by atoms with van der Waals surface area (Å²) in [5, 5.41) is 0. The van der Waals surface area contributed by atoms with Crippen LogP contribution in [0.2, 0.25) is 0 Å². The van der Waals surface area contributed by atoms with Gasteiger partial charge in [-0.2, -0.15) is 0 Å². The van der Waals surface area contributed by atoms with E-state index in [4.69, 9.17) is 4.74 Å². The molecule has 0 aliphatic heterocycles. The van der Waals surface area contributed by atoms with E-state index in [0.717, 1.165) is 62.7 Å². The van der Waals surface area contributed by atoms with Gasteiger partial charge in [-0.1, -0.05) is 57.4 Å². The molecule has 0 heterocycles. The van der Waals surface area contributed by atoms with Crippen molar-refractivity contribution in [2.75, 3.05) is 37.5 Å². The van der Waals surface area contributed by atoms with Gasteiger partial charge in [0.2, 0.25) is 5.91 Å². The van der Waals surface area contributed by atoms with Crippen LogP contribution in [-0.2, 0) is 14.3 Å². The molecule has 2 fully saturated rings. The molecule has 0 radical (unpaired) electrons. The smallest absolute Gasteiger partial charge is 0.330 e. The fourth-order valence-electron chi connectivity index (χ4n) is 6.51. The summed E-state index contributed by atoms with van der Waals surface area (Å²) >= 11 is 0. The predicted molar refractivity (Wildman–Crippen MR) is 161 cm³/mol. The van der Waals surface area contributed by atoms with Crippen molar-refractivity contribution in [2.45, 2.75) is 71.1 Å². The molecule has 2 aliphatic carbocycles. The van der Waals surface area contributed by atoms with Crippen molar-refractivity contribution in [1.29, 1.82) is 0 Å². The first-order chi connectivity index (χ1) is 18.7. The molecule has 39 heavy (non-hydrogen) atoms. The Labute approximate surface area is 235 Å². The number of esters is 1. The first kappa shape index (κ1) is 28.9. The summed E-state index contributed by atoms with van der Waals surface area (Å²) in [5.74, 6) is 0.937. The van der Waals surface area contributed by atoms with E-state index in [1.165, 1.54) is 30.9 Å². The zero-order valence-corrected chi connectivity index (χ0v) is 24.5. The van der Waals surface area contributed by atoms with Crippen molar-refractivity contribution in [3.8, 4) is 0 Å². The lowest BCUT2D eigenvalue weighted by Gasteiger charge is -2.45. The number of anilines is 2. The molecule has 2 aromatic carbocycles. The zero-order chi connectivity index (χ0) is 28.0. The van der Waals surface area contributed by atoms with Crippen molar-refractivity contribution in [1.82, 2.24) is 0 Å². The van der Waals surface area contributed by atoms with Gasteiger partial charge >= 0.3 is 5.97 Å². The molecule has 0 bridgehead atoms. The monoisotopic (exact) mass is 530 g/mol. The van der Waals surface area contributed by atoms with Crippen LogP contribution in [0.25, 0.3) is 6.08 Å². The minimum Gasteiger partial charge on any atom is -0.466 e. The zero-order valence-electron chi connectivity index (χ0n) is 24.5. The Morgan fingerprint density at radius 2 is 1.67 bits per heavy atom. The van der Waals surface area contributed by atoms with Gasteiger partial charge in [0, 0.05) is 44.0 Å². The minimum atomic E-state index is -0.384. The summed E-state index contributed by atoms with van der Waals surface area (Å²) in [4.78, 5) is 29.9. The van der Waals surface area contributed by atoms with Crippen molar-refractivity contribution in [3.63, 3.8) is 0 Å². The topological polar surface area (TPSA) is 49.9 Å². The molecule has 0 aromatic heterocycles. The molecule has 1 amide bonds. The van der Waals surface area contributed by atoms with Crippen LogP contribution in [-0.4, -0.2) is 39.6 Å².